The zero-order valence-corrected chi connectivity index (χ0v) is 9.47. The summed E-state index contributed by atoms with van der Waals surface area (Å²) in [7, 11) is 0.752. The van der Waals surface area contributed by atoms with Gasteiger partial charge in [0.15, 0.2) is 0 Å². The van der Waals surface area contributed by atoms with Crippen molar-refractivity contribution in [2.75, 3.05) is 5.73 Å². The summed E-state index contributed by atoms with van der Waals surface area (Å²) in [5, 5.41) is 0. The Kier molecular flexibility index (Phi) is 5.00. The smallest absolute Gasteiger partial charge is 0.0510 e. The second-order valence-electron chi connectivity index (χ2n) is 3.58. The normalized spacial score (nSPS) is 11.2. The van der Waals surface area contributed by atoms with E-state index in [2.05, 4.69) is 18.8 Å². The van der Waals surface area contributed by atoms with Crippen LogP contribution in [0, 0.1) is 0 Å². The van der Waals surface area contributed by atoms with Crippen molar-refractivity contribution in [2.24, 2.45) is 0 Å². The van der Waals surface area contributed by atoms with Crippen molar-refractivity contribution < 1.29 is 0 Å². The Morgan fingerprint density at radius 2 is 2.00 bits per heavy atom. The van der Waals surface area contributed by atoms with Gasteiger partial charge in [0.1, 0.15) is 0 Å². The lowest BCUT2D eigenvalue weighted by atomic mass is 10.1. The average Bonchev–Trinajstić information content (AvgIpc) is 2.52. The minimum atomic E-state index is 0.752. The first-order valence-electron chi connectivity index (χ1n) is 5.26. The van der Waals surface area contributed by atoms with Crippen molar-refractivity contribution in [1.29, 1.82) is 0 Å². The fourth-order valence-electron chi connectivity index (χ4n) is 1.55. The molecule has 13 heavy (non-hydrogen) atoms. The van der Waals surface area contributed by atoms with Crippen molar-refractivity contribution >= 4 is 13.6 Å². The van der Waals surface area contributed by atoms with Crippen LogP contribution in [0.2, 0.25) is 0 Å². The minimum Gasteiger partial charge on any atom is -0.396 e. The molecule has 1 aromatic rings. The summed E-state index contributed by atoms with van der Waals surface area (Å²) in [5.41, 5.74) is 8.37. The van der Waals surface area contributed by atoms with E-state index < -0.39 is 0 Å². The molecule has 1 heterocycles. The summed E-state index contributed by atoms with van der Waals surface area (Å²) in [6, 6.07) is 2.20. The van der Waals surface area contributed by atoms with Crippen LogP contribution in [0.15, 0.2) is 11.9 Å². The van der Waals surface area contributed by atoms with Crippen molar-refractivity contribution in [2.45, 2.75) is 45.4 Å². The van der Waals surface area contributed by atoms with E-state index in [0.717, 1.165) is 13.6 Å². The van der Waals surface area contributed by atoms with E-state index in [9.17, 15) is 0 Å². The molecule has 0 bridgehead atoms. The van der Waals surface area contributed by atoms with Gasteiger partial charge in [0, 0.05) is 0 Å². The Labute approximate surface area is 82.8 Å². The monoisotopic (exact) mass is 197 g/mol. The van der Waals surface area contributed by atoms with Crippen LogP contribution in [-0.2, 0) is 6.42 Å². The van der Waals surface area contributed by atoms with Crippen LogP contribution in [0.1, 0.15) is 44.6 Å². The first-order chi connectivity index (χ1) is 6.34. The van der Waals surface area contributed by atoms with Crippen LogP contribution < -0.4 is 5.73 Å². The zero-order valence-electron chi connectivity index (χ0n) is 8.47. The number of nitrogen functional groups attached to an aromatic ring is 1. The summed E-state index contributed by atoms with van der Waals surface area (Å²) in [6.45, 7) is 2.25. The lowest BCUT2D eigenvalue weighted by molar-refractivity contribution is 0.633. The molecular formula is C11H20NP. The molecule has 1 nitrogen and oxygen atoms in total. The summed E-state index contributed by atoms with van der Waals surface area (Å²) < 4.78 is 0. The molecule has 2 N–H and O–H groups in total. The van der Waals surface area contributed by atoms with E-state index in [0.29, 0.717) is 0 Å². The van der Waals surface area contributed by atoms with Gasteiger partial charge < -0.3 is 5.73 Å². The van der Waals surface area contributed by atoms with Crippen LogP contribution in [0.4, 0.5) is 5.42 Å². The van der Waals surface area contributed by atoms with E-state index in [1.165, 1.54) is 44.1 Å². The lowest BCUT2D eigenvalue weighted by Gasteiger charge is -2.00. The molecular weight excluding hydrogens is 177 g/mol. The minimum absolute atomic E-state index is 0.752. The SMILES string of the molecule is CCCCCCCc1cc[pH]c1N. The molecule has 0 saturated carbocycles. The fourth-order valence-corrected chi connectivity index (χ4v) is 2.41. The number of hydrogen-bond acceptors (Lipinski definition) is 1. The van der Waals surface area contributed by atoms with Crippen molar-refractivity contribution in [3.63, 3.8) is 0 Å². The standard InChI is InChI=1S/C11H20NP/c1-2-3-4-5-6-7-10-8-9-13-11(10)12/h8-9,13H,2-7,12H2,1H3. The number of hydrogen-bond donors (Lipinski definition) is 1. The average molecular weight is 197 g/mol. The fraction of sp³-hybridized carbons (Fsp3) is 0.636. The van der Waals surface area contributed by atoms with Gasteiger partial charge in [0.05, 0.1) is 5.42 Å². The van der Waals surface area contributed by atoms with Gasteiger partial charge in [0.2, 0.25) is 0 Å². The highest BCUT2D eigenvalue weighted by Gasteiger charge is 1.98. The van der Waals surface area contributed by atoms with Gasteiger partial charge in [-0.05, 0) is 24.2 Å². The Balaban J connectivity index is 2.10. The van der Waals surface area contributed by atoms with Crippen LogP contribution in [0.3, 0.4) is 0 Å². The molecule has 0 fully saturated rings. The van der Waals surface area contributed by atoms with Crippen molar-refractivity contribution in [3.05, 3.63) is 17.4 Å². The van der Waals surface area contributed by atoms with E-state index in [1.54, 1.807) is 0 Å². The van der Waals surface area contributed by atoms with Gasteiger partial charge in [-0.2, -0.15) is 0 Å². The Bertz CT molecular complexity index is 230. The van der Waals surface area contributed by atoms with Gasteiger partial charge in [-0.3, -0.25) is 0 Å². The van der Waals surface area contributed by atoms with E-state index in [1.807, 2.05) is 0 Å². The predicted molar refractivity (Wildman–Crippen MR) is 62.8 cm³/mol. The van der Waals surface area contributed by atoms with Crippen LogP contribution in [0.25, 0.3) is 0 Å². The van der Waals surface area contributed by atoms with Crippen molar-refractivity contribution in [1.82, 2.24) is 0 Å². The number of unbranched alkanes of at least 4 members (excludes halogenated alkanes) is 4. The molecule has 0 aromatic carbocycles. The van der Waals surface area contributed by atoms with E-state index in [-0.39, 0.29) is 0 Å². The molecule has 1 rings (SSSR count). The Morgan fingerprint density at radius 3 is 2.62 bits per heavy atom. The molecule has 2 heteroatoms. The van der Waals surface area contributed by atoms with Crippen LogP contribution >= 0.6 is 8.19 Å². The summed E-state index contributed by atoms with van der Waals surface area (Å²) >= 11 is 0. The molecule has 1 unspecified atom stereocenters. The first kappa shape index (κ1) is 10.7. The third-order valence-corrected chi connectivity index (χ3v) is 3.38. The number of rotatable bonds is 6. The second-order valence-corrected chi connectivity index (χ2v) is 4.74. The second kappa shape index (κ2) is 6.10. The molecule has 0 spiro atoms. The van der Waals surface area contributed by atoms with E-state index in [4.69, 9.17) is 5.73 Å². The molecule has 1 atom stereocenters. The van der Waals surface area contributed by atoms with Gasteiger partial charge in [-0.1, -0.05) is 38.7 Å². The molecule has 0 saturated heterocycles. The van der Waals surface area contributed by atoms with Crippen LogP contribution in [0.5, 0.6) is 0 Å². The highest BCUT2D eigenvalue weighted by molar-refractivity contribution is 7.33. The number of anilines is 1. The van der Waals surface area contributed by atoms with Gasteiger partial charge in [-0.15, -0.1) is 8.19 Å². The van der Waals surface area contributed by atoms with E-state index >= 15 is 0 Å². The maximum Gasteiger partial charge on any atom is 0.0510 e. The molecule has 0 aliphatic heterocycles. The third kappa shape index (κ3) is 3.87. The molecule has 0 aliphatic rings. The molecule has 0 radical (unpaired) electrons. The Morgan fingerprint density at radius 1 is 1.23 bits per heavy atom. The summed E-state index contributed by atoms with van der Waals surface area (Å²) in [6.07, 6.45) is 7.96. The highest BCUT2D eigenvalue weighted by atomic mass is 31.0. The molecule has 0 amide bonds. The highest BCUT2D eigenvalue weighted by Crippen LogP contribution is 2.25. The van der Waals surface area contributed by atoms with Gasteiger partial charge >= 0.3 is 0 Å². The molecule has 1 aromatic heterocycles. The quantitative estimate of drug-likeness (QED) is 0.689. The van der Waals surface area contributed by atoms with Gasteiger partial charge in [0.25, 0.3) is 0 Å². The third-order valence-electron chi connectivity index (χ3n) is 2.42. The Hall–Kier alpha value is -0.420. The number of nitrogens with two attached hydrogens (primary N) is 1. The van der Waals surface area contributed by atoms with Gasteiger partial charge in [-0.25, -0.2) is 0 Å². The zero-order chi connectivity index (χ0) is 9.52. The van der Waals surface area contributed by atoms with Crippen LogP contribution in [-0.4, -0.2) is 0 Å². The van der Waals surface area contributed by atoms with Crippen molar-refractivity contribution in [3.8, 4) is 0 Å². The molecule has 74 valence electrons. The lowest BCUT2D eigenvalue weighted by Crippen LogP contribution is -1.88. The summed E-state index contributed by atoms with van der Waals surface area (Å²) in [4.78, 5) is 0. The predicted octanol–water partition coefficient (Wildman–Crippen LogP) is 3.81. The summed E-state index contributed by atoms with van der Waals surface area (Å²) in [5.74, 6) is 2.19. The first-order valence-corrected chi connectivity index (χ1v) is 6.34. The number of aryl methyl sites for hydroxylation is 1. The molecule has 0 aliphatic carbocycles. The largest absolute Gasteiger partial charge is 0.396 e. The topological polar surface area (TPSA) is 26.0 Å². The maximum atomic E-state index is 5.85. The maximum absolute atomic E-state index is 5.85.